The maximum absolute atomic E-state index is 11.3. The smallest absolute Gasteiger partial charge is 0.251 e. The van der Waals surface area contributed by atoms with Crippen molar-refractivity contribution < 1.29 is 19.0 Å². The zero-order valence-electron chi connectivity index (χ0n) is 11.2. The second-order valence-electron chi connectivity index (χ2n) is 3.84. The summed E-state index contributed by atoms with van der Waals surface area (Å²) >= 11 is 0. The van der Waals surface area contributed by atoms with E-state index in [1.54, 1.807) is 12.1 Å². The molecule has 0 heterocycles. The van der Waals surface area contributed by atoms with E-state index in [1.807, 2.05) is 5.43 Å². The van der Waals surface area contributed by atoms with E-state index >= 15 is 0 Å². The standard InChI is InChI=1S/C12H19N3O4/c1-17-9-6-11(19-3)10(18-2)5-7(9)4-8(13)12(16)15-14/h5-6,8H,4,13-14H2,1-3H3,(H,15,16). The van der Waals surface area contributed by atoms with Crippen LogP contribution in [0.5, 0.6) is 17.2 Å². The predicted octanol–water partition coefficient (Wildman–Crippen LogP) is -0.428. The van der Waals surface area contributed by atoms with Crippen LogP contribution in [0.1, 0.15) is 5.56 Å². The number of nitrogens with one attached hydrogen (secondary N) is 1. The van der Waals surface area contributed by atoms with E-state index in [4.69, 9.17) is 25.8 Å². The molecular weight excluding hydrogens is 250 g/mol. The first-order valence-corrected chi connectivity index (χ1v) is 5.62. The first-order chi connectivity index (χ1) is 9.07. The van der Waals surface area contributed by atoms with E-state index in [2.05, 4.69) is 0 Å². The molecular formula is C12H19N3O4. The molecule has 0 saturated carbocycles. The molecule has 7 nitrogen and oxygen atoms in total. The maximum atomic E-state index is 11.3. The molecule has 19 heavy (non-hydrogen) atoms. The number of carbonyl (C=O) groups is 1. The van der Waals surface area contributed by atoms with Crippen molar-refractivity contribution in [1.29, 1.82) is 0 Å². The lowest BCUT2D eigenvalue weighted by Gasteiger charge is -2.16. The lowest BCUT2D eigenvalue weighted by Crippen LogP contribution is -2.45. The third-order valence-electron chi connectivity index (χ3n) is 2.71. The highest BCUT2D eigenvalue weighted by Crippen LogP contribution is 2.35. The van der Waals surface area contributed by atoms with Gasteiger partial charge in [-0.05, 0) is 6.07 Å². The van der Waals surface area contributed by atoms with Gasteiger partial charge in [-0.15, -0.1) is 0 Å². The minimum absolute atomic E-state index is 0.270. The van der Waals surface area contributed by atoms with Crippen molar-refractivity contribution in [3.8, 4) is 17.2 Å². The lowest BCUT2D eigenvalue weighted by atomic mass is 10.0. The van der Waals surface area contributed by atoms with E-state index in [0.29, 0.717) is 17.2 Å². The summed E-state index contributed by atoms with van der Waals surface area (Å²) in [7, 11) is 4.59. The lowest BCUT2D eigenvalue weighted by molar-refractivity contribution is -0.122. The van der Waals surface area contributed by atoms with Gasteiger partial charge in [0, 0.05) is 18.1 Å². The van der Waals surface area contributed by atoms with E-state index in [-0.39, 0.29) is 6.42 Å². The minimum atomic E-state index is -0.767. The molecule has 1 atom stereocenters. The molecule has 1 aromatic rings. The number of benzene rings is 1. The number of nitrogens with two attached hydrogens (primary N) is 2. The third-order valence-corrected chi connectivity index (χ3v) is 2.71. The van der Waals surface area contributed by atoms with Gasteiger partial charge in [0.2, 0.25) is 0 Å². The van der Waals surface area contributed by atoms with Crippen molar-refractivity contribution >= 4 is 5.91 Å². The Morgan fingerprint density at radius 1 is 1.16 bits per heavy atom. The van der Waals surface area contributed by atoms with Gasteiger partial charge in [0.1, 0.15) is 5.75 Å². The molecule has 0 aliphatic rings. The number of hydrazine groups is 1. The van der Waals surface area contributed by atoms with Crippen LogP contribution in [0.3, 0.4) is 0 Å². The summed E-state index contributed by atoms with van der Waals surface area (Å²) in [6.45, 7) is 0. The highest BCUT2D eigenvalue weighted by molar-refractivity contribution is 5.81. The second kappa shape index (κ2) is 6.81. The minimum Gasteiger partial charge on any atom is -0.496 e. The van der Waals surface area contributed by atoms with Crippen molar-refractivity contribution in [2.24, 2.45) is 11.6 Å². The molecule has 106 valence electrons. The summed E-state index contributed by atoms with van der Waals surface area (Å²) in [5, 5.41) is 0. The van der Waals surface area contributed by atoms with Gasteiger partial charge in [-0.1, -0.05) is 0 Å². The van der Waals surface area contributed by atoms with Crippen LogP contribution in [0.2, 0.25) is 0 Å². The van der Waals surface area contributed by atoms with E-state index in [1.165, 1.54) is 21.3 Å². The number of amides is 1. The quantitative estimate of drug-likeness (QED) is 0.367. The molecule has 1 amide bonds. The van der Waals surface area contributed by atoms with Gasteiger partial charge < -0.3 is 19.9 Å². The van der Waals surface area contributed by atoms with Gasteiger partial charge in [-0.2, -0.15) is 0 Å². The Kier molecular flexibility index (Phi) is 5.40. The van der Waals surface area contributed by atoms with Gasteiger partial charge in [-0.3, -0.25) is 10.2 Å². The van der Waals surface area contributed by atoms with Crippen LogP contribution in [0.25, 0.3) is 0 Å². The number of methoxy groups -OCH3 is 3. The van der Waals surface area contributed by atoms with E-state index < -0.39 is 11.9 Å². The molecule has 5 N–H and O–H groups in total. The van der Waals surface area contributed by atoms with Crippen molar-refractivity contribution in [2.75, 3.05) is 21.3 Å². The number of carbonyl (C=O) groups excluding carboxylic acids is 1. The average molecular weight is 269 g/mol. The summed E-state index contributed by atoms with van der Waals surface area (Å²) in [6, 6.07) is 2.64. The van der Waals surface area contributed by atoms with E-state index in [0.717, 1.165) is 5.56 Å². The summed E-state index contributed by atoms with van der Waals surface area (Å²) in [5.41, 5.74) is 8.47. The molecule has 0 radical (unpaired) electrons. The highest BCUT2D eigenvalue weighted by Gasteiger charge is 2.18. The zero-order chi connectivity index (χ0) is 14.4. The monoisotopic (exact) mass is 269 g/mol. The Hall–Kier alpha value is -1.99. The first-order valence-electron chi connectivity index (χ1n) is 5.62. The van der Waals surface area contributed by atoms with Crippen LogP contribution in [0.15, 0.2) is 12.1 Å². The van der Waals surface area contributed by atoms with Crippen LogP contribution < -0.4 is 31.2 Å². The number of hydrogen-bond acceptors (Lipinski definition) is 6. The fraction of sp³-hybridized carbons (Fsp3) is 0.417. The predicted molar refractivity (Wildman–Crippen MR) is 70.1 cm³/mol. The molecule has 0 aliphatic carbocycles. The molecule has 7 heteroatoms. The Labute approximate surface area is 111 Å². The fourth-order valence-corrected chi connectivity index (χ4v) is 1.69. The van der Waals surface area contributed by atoms with Gasteiger partial charge in [0.15, 0.2) is 11.5 Å². The van der Waals surface area contributed by atoms with Crippen LogP contribution in [0, 0.1) is 0 Å². The van der Waals surface area contributed by atoms with Crippen molar-refractivity contribution in [3.63, 3.8) is 0 Å². The molecule has 0 bridgehead atoms. The maximum Gasteiger partial charge on any atom is 0.251 e. The largest absolute Gasteiger partial charge is 0.496 e. The van der Waals surface area contributed by atoms with Crippen LogP contribution >= 0.6 is 0 Å². The zero-order valence-corrected chi connectivity index (χ0v) is 11.2. The molecule has 0 fully saturated rings. The van der Waals surface area contributed by atoms with Crippen molar-refractivity contribution in [3.05, 3.63) is 17.7 Å². The molecule has 1 aromatic carbocycles. The number of rotatable bonds is 6. The normalized spacial score (nSPS) is 11.6. The van der Waals surface area contributed by atoms with Gasteiger partial charge in [0.05, 0.1) is 27.4 Å². The SMILES string of the molecule is COc1cc(OC)c(OC)cc1CC(N)C(=O)NN. The number of hydrogen-bond donors (Lipinski definition) is 3. The Morgan fingerprint density at radius 2 is 1.68 bits per heavy atom. The first kappa shape index (κ1) is 15.1. The topological polar surface area (TPSA) is 109 Å². The summed E-state index contributed by atoms with van der Waals surface area (Å²) in [5.74, 6) is 6.25. The second-order valence-corrected chi connectivity index (χ2v) is 3.84. The van der Waals surface area contributed by atoms with Crippen molar-refractivity contribution in [1.82, 2.24) is 5.43 Å². The highest BCUT2D eigenvalue weighted by atomic mass is 16.5. The molecule has 0 spiro atoms. The average Bonchev–Trinajstić information content (AvgIpc) is 2.45. The fourth-order valence-electron chi connectivity index (χ4n) is 1.69. The molecule has 0 aliphatic heterocycles. The third kappa shape index (κ3) is 3.49. The summed E-state index contributed by atoms with van der Waals surface area (Å²) in [6.07, 6.45) is 0.270. The van der Waals surface area contributed by atoms with Crippen LogP contribution in [-0.4, -0.2) is 33.3 Å². The van der Waals surface area contributed by atoms with Gasteiger partial charge in [-0.25, -0.2) is 5.84 Å². The number of ether oxygens (including phenoxy) is 3. The van der Waals surface area contributed by atoms with Crippen LogP contribution in [0.4, 0.5) is 0 Å². The molecule has 1 unspecified atom stereocenters. The Bertz CT molecular complexity index is 451. The molecule has 1 rings (SSSR count). The summed E-state index contributed by atoms with van der Waals surface area (Å²) < 4.78 is 15.6. The molecule has 0 saturated heterocycles. The van der Waals surface area contributed by atoms with Crippen LogP contribution in [-0.2, 0) is 11.2 Å². The van der Waals surface area contributed by atoms with Gasteiger partial charge in [0.25, 0.3) is 5.91 Å². The Balaban J connectivity index is 3.08. The Morgan fingerprint density at radius 3 is 2.16 bits per heavy atom. The van der Waals surface area contributed by atoms with Gasteiger partial charge >= 0.3 is 0 Å². The molecule has 0 aromatic heterocycles. The van der Waals surface area contributed by atoms with Crippen molar-refractivity contribution in [2.45, 2.75) is 12.5 Å². The summed E-state index contributed by atoms with van der Waals surface area (Å²) in [4.78, 5) is 11.3. The van der Waals surface area contributed by atoms with E-state index in [9.17, 15) is 4.79 Å².